The molecule has 1 heterocycles. The second-order valence-corrected chi connectivity index (χ2v) is 2.96. The number of hydrogen-bond donors (Lipinski definition) is 2. The Bertz CT molecular complexity index is 342. The van der Waals surface area contributed by atoms with Crippen LogP contribution < -0.4 is 5.46 Å². The van der Waals surface area contributed by atoms with Gasteiger partial charge in [0.15, 0.2) is 0 Å². The van der Waals surface area contributed by atoms with Crippen molar-refractivity contribution >= 4 is 12.6 Å². The molecule has 2 rings (SSSR count). The minimum absolute atomic E-state index is 0.233. The maximum Gasteiger partial charge on any atom is 0.491 e. The number of halogens is 1. The van der Waals surface area contributed by atoms with E-state index < -0.39 is 12.9 Å². The Morgan fingerprint density at radius 1 is 1.54 bits per heavy atom. The van der Waals surface area contributed by atoms with E-state index in [1.165, 1.54) is 12.1 Å². The first-order chi connectivity index (χ1) is 6.22. The summed E-state index contributed by atoms with van der Waals surface area (Å²) in [4.78, 5) is 0. The predicted octanol–water partition coefficient (Wildman–Crippen LogP) is -0.464. The van der Waals surface area contributed by atoms with Crippen LogP contribution in [0, 0.1) is 5.82 Å². The second-order valence-electron chi connectivity index (χ2n) is 2.96. The molecule has 0 aliphatic carbocycles. The van der Waals surface area contributed by atoms with Crippen LogP contribution >= 0.6 is 0 Å². The molecule has 0 spiro atoms. The van der Waals surface area contributed by atoms with Crippen molar-refractivity contribution in [3.63, 3.8) is 0 Å². The van der Waals surface area contributed by atoms with Crippen molar-refractivity contribution in [3.8, 4) is 0 Å². The summed E-state index contributed by atoms with van der Waals surface area (Å²) in [5.41, 5.74) is 1.42. The lowest BCUT2D eigenvalue weighted by molar-refractivity contribution is 0.271. The molecule has 1 aromatic carbocycles. The number of rotatable bonds is 1. The molecule has 0 bridgehead atoms. The van der Waals surface area contributed by atoms with Crippen molar-refractivity contribution in [2.24, 2.45) is 0 Å². The molecular formula is C8H8BFO3. The largest absolute Gasteiger partial charge is 0.491 e. The number of hydrogen-bond acceptors (Lipinski definition) is 3. The molecule has 0 atom stereocenters. The first-order valence-electron chi connectivity index (χ1n) is 3.94. The van der Waals surface area contributed by atoms with Gasteiger partial charge in [-0.25, -0.2) is 4.39 Å². The van der Waals surface area contributed by atoms with Crippen molar-refractivity contribution in [1.82, 2.24) is 0 Å². The fraction of sp³-hybridized carbons (Fsp3) is 0.250. The van der Waals surface area contributed by atoms with E-state index in [4.69, 9.17) is 9.76 Å². The lowest BCUT2D eigenvalue weighted by atomic mass is 9.79. The summed E-state index contributed by atoms with van der Waals surface area (Å²) in [7, 11) is -1.03. The Morgan fingerprint density at radius 3 is 3.00 bits per heavy atom. The topological polar surface area (TPSA) is 49.7 Å². The number of aliphatic hydroxyl groups is 1. The van der Waals surface area contributed by atoms with Gasteiger partial charge in [-0.1, -0.05) is 0 Å². The Kier molecular flexibility index (Phi) is 2.07. The van der Waals surface area contributed by atoms with E-state index in [9.17, 15) is 9.41 Å². The standard InChI is InChI=1S/C8H8BFO3/c10-8-2-7-6(1-5(8)3-11)4-13-9(7)12/h1-2,11-12H,3-4H2. The molecule has 0 saturated carbocycles. The maximum absolute atomic E-state index is 13.1. The van der Waals surface area contributed by atoms with Gasteiger partial charge in [-0.3, -0.25) is 0 Å². The minimum Gasteiger partial charge on any atom is -0.423 e. The summed E-state index contributed by atoms with van der Waals surface area (Å²) >= 11 is 0. The second kappa shape index (κ2) is 3.10. The summed E-state index contributed by atoms with van der Waals surface area (Å²) in [5.74, 6) is -0.509. The van der Waals surface area contributed by atoms with Gasteiger partial charge in [-0.05, 0) is 23.2 Å². The van der Waals surface area contributed by atoms with E-state index in [1.54, 1.807) is 0 Å². The fourth-order valence-electron chi connectivity index (χ4n) is 1.42. The van der Waals surface area contributed by atoms with Gasteiger partial charge in [-0.2, -0.15) is 0 Å². The Labute approximate surface area is 74.9 Å². The van der Waals surface area contributed by atoms with E-state index in [0.29, 0.717) is 5.46 Å². The smallest absolute Gasteiger partial charge is 0.423 e. The summed E-state index contributed by atoms with van der Waals surface area (Å²) < 4.78 is 18.0. The molecule has 0 saturated heterocycles. The summed E-state index contributed by atoms with van der Waals surface area (Å²) in [6.45, 7) is -0.0704. The van der Waals surface area contributed by atoms with Crippen LogP contribution in [0.25, 0.3) is 0 Å². The van der Waals surface area contributed by atoms with E-state index in [-0.39, 0.29) is 18.8 Å². The number of fused-ring (bicyclic) bond motifs is 1. The molecule has 1 aliphatic heterocycles. The molecule has 1 aliphatic rings. The van der Waals surface area contributed by atoms with Crippen molar-refractivity contribution in [2.75, 3.05) is 0 Å². The van der Waals surface area contributed by atoms with Gasteiger partial charge in [0, 0.05) is 5.56 Å². The van der Waals surface area contributed by atoms with Crippen molar-refractivity contribution in [3.05, 3.63) is 29.1 Å². The summed E-state index contributed by atoms with van der Waals surface area (Å²) in [6, 6.07) is 2.72. The van der Waals surface area contributed by atoms with Crippen LogP contribution in [0.4, 0.5) is 4.39 Å². The zero-order chi connectivity index (χ0) is 9.42. The molecule has 2 N–H and O–H groups in total. The fourth-order valence-corrected chi connectivity index (χ4v) is 1.42. The average Bonchev–Trinajstić information content (AvgIpc) is 2.47. The quantitative estimate of drug-likeness (QED) is 0.577. The summed E-state index contributed by atoms with van der Waals surface area (Å²) in [5, 5.41) is 18.0. The van der Waals surface area contributed by atoms with E-state index in [0.717, 1.165) is 5.56 Å². The number of aliphatic hydroxyl groups excluding tert-OH is 1. The SMILES string of the molecule is OCc1cc2c(cc1F)B(O)OC2. The molecule has 1 aromatic rings. The zero-order valence-electron chi connectivity index (χ0n) is 6.83. The minimum atomic E-state index is -1.03. The number of benzene rings is 1. The highest BCUT2D eigenvalue weighted by atomic mass is 19.1. The van der Waals surface area contributed by atoms with Gasteiger partial charge in [0.25, 0.3) is 0 Å². The van der Waals surface area contributed by atoms with Gasteiger partial charge in [0.05, 0.1) is 13.2 Å². The third-order valence-electron chi connectivity index (χ3n) is 2.14. The van der Waals surface area contributed by atoms with Gasteiger partial charge < -0.3 is 14.8 Å². The van der Waals surface area contributed by atoms with Crippen LogP contribution in [0.1, 0.15) is 11.1 Å². The molecule has 5 heteroatoms. The molecule has 13 heavy (non-hydrogen) atoms. The molecule has 0 fully saturated rings. The van der Waals surface area contributed by atoms with E-state index in [2.05, 4.69) is 0 Å². The highest BCUT2D eigenvalue weighted by Crippen LogP contribution is 2.15. The average molecular weight is 182 g/mol. The first kappa shape index (κ1) is 8.68. The van der Waals surface area contributed by atoms with E-state index >= 15 is 0 Å². The van der Waals surface area contributed by atoms with Crippen LogP contribution in [0.3, 0.4) is 0 Å². The Morgan fingerprint density at radius 2 is 2.31 bits per heavy atom. The van der Waals surface area contributed by atoms with Crippen molar-refractivity contribution < 1.29 is 19.2 Å². The van der Waals surface area contributed by atoms with Crippen LogP contribution in [0.5, 0.6) is 0 Å². The molecule has 3 nitrogen and oxygen atoms in total. The van der Waals surface area contributed by atoms with Crippen LogP contribution in [0.15, 0.2) is 12.1 Å². The van der Waals surface area contributed by atoms with Crippen LogP contribution in [-0.2, 0) is 17.9 Å². The highest BCUT2D eigenvalue weighted by molar-refractivity contribution is 6.61. The lowest BCUT2D eigenvalue weighted by Crippen LogP contribution is -2.28. The molecule has 0 amide bonds. The lowest BCUT2D eigenvalue weighted by Gasteiger charge is -2.02. The summed E-state index contributed by atoms with van der Waals surface area (Å²) in [6.07, 6.45) is 0. The zero-order valence-corrected chi connectivity index (χ0v) is 6.83. The van der Waals surface area contributed by atoms with Gasteiger partial charge >= 0.3 is 7.12 Å². The third kappa shape index (κ3) is 1.35. The monoisotopic (exact) mass is 182 g/mol. The molecule has 0 unspecified atom stereocenters. The highest BCUT2D eigenvalue weighted by Gasteiger charge is 2.28. The Balaban J connectivity index is 2.50. The van der Waals surface area contributed by atoms with Crippen LogP contribution in [0.2, 0.25) is 0 Å². The van der Waals surface area contributed by atoms with Gasteiger partial charge in [-0.15, -0.1) is 0 Å². The molecule has 68 valence electrons. The van der Waals surface area contributed by atoms with Crippen molar-refractivity contribution in [2.45, 2.75) is 13.2 Å². The maximum atomic E-state index is 13.1. The normalized spacial score (nSPS) is 14.8. The molecule has 0 radical (unpaired) electrons. The van der Waals surface area contributed by atoms with Gasteiger partial charge in [0.2, 0.25) is 0 Å². The Hall–Kier alpha value is -0.905. The van der Waals surface area contributed by atoms with Gasteiger partial charge in [0.1, 0.15) is 5.82 Å². The van der Waals surface area contributed by atoms with Crippen molar-refractivity contribution in [1.29, 1.82) is 0 Å². The third-order valence-corrected chi connectivity index (χ3v) is 2.14. The molecule has 0 aromatic heterocycles. The first-order valence-corrected chi connectivity index (χ1v) is 3.94. The van der Waals surface area contributed by atoms with E-state index in [1.807, 2.05) is 0 Å². The molecular weight excluding hydrogens is 174 g/mol. The van der Waals surface area contributed by atoms with Crippen LogP contribution in [-0.4, -0.2) is 17.2 Å². The predicted molar refractivity (Wildman–Crippen MR) is 44.7 cm³/mol.